The van der Waals surface area contributed by atoms with Gasteiger partial charge in [0, 0.05) is 45.3 Å². The standard InChI is InChI=1S/C25H32FN3O4/c1-25(2,3)33-24(32)27(4)22(17-18-5-11-21(30)12-6-18)23(31)29-15-13-28(14-16-29)20-9-7-19(26)8-10-20/h5-12,22,30H,13-17H2,1-4H3/t22-/m0/s1. The van der Waals surface area contributed by atoms with Crippen LogP contribution in [0.1, 0.15) is 26.3 Å². The number of phenols is 1. The zero-order chi connectivity index (χ0) is 24.2. The van der Waals surface area contributed by atoms with Gasteiger partial charge in [0.2, 0.25) is 5.91 Å². The van der Waals surface area contributed by atoms with Crippen molar-refractivity contribution in [3.05, 3.63) is 59.9 Å². The Morgan fingerprint density at radius 2 is 1.61 bits per heavy atom. The van der Waals surface area contributed by atoms with Crippen LogP contribution in [0.3, 0.4) is 0 Å². The number of rotatable bonds is 5. The number of piperazine rings is 1. The zero-order valence-corrected chi connectivity index (χ0v) is 19.6. The van der Waals surface area contributed by atoms with Gasteiger partial charge in [0.15, 0.2) is 0 Å². The third kappa shape index (κ3) is 6.60. The molecule has 1 N–H and O–H groups in total. The van der Waals surface area contributed by atoms with Crippen molar-refractivity contribution in [1.29, 1.82) is 0 Å². The molecular weight excluding hydrogens is 425 g/mol. The fourth-order valence-electron chi connectivity index (χ4n) is 3.75. The van der Waals surface area contributed by atoms with Crippen LogP contribution in [-0.2, 0) is 16.0 Å². The molecule has 1 aliphatic heterocycles. The number of halogens is 1. The molecule has 3 rings (SSSR count). The minimum Gasteiger partial charge on any atom is -0.508 e. The molecule has 7 nitrogen and oxygen atoms in total. The van der Waals surface area contributed by atoms with E-state index >= 15 is 0 Å². The average molecular weight is 458 g/mol. The molecule has 0 aliphatic carbocycles. The number of carbonyl (C=O) groups is 2. The SMILES string of the molecule is CN(C(=O)OC(C)(C)C)[C@@H](Cc1ccc(O)cc1)C(=O)N1CCN(c2ccc(F)cc2)CC1. The van der Waals surface area contributed by atoms with Crippen molar-refractivity contribution in [2.24, 2.45) is 0 Å². The van der Waals surface area contributed by atoms with Gasteiger partial charge in [0.1, 0.15) is 23.2 Å². The Kier molecular flexibility index (Phi) is 7.46. The third-order valence-corrected chi connectivity index (χ3v) is 5.58. The molecule has 2 amide bonds. The van der Waals surface area contributed by atoms with Crippen LogP contribution in [0.15, 0.2) is 48.5 Å². The molecule has 1 aliphatic rings. The highest BCUT2D eigenvalue weighted by Gasteiger charge is 2.34. The first kappa shape index (κ1) is 24.4. The Morgan fingerprint density at radius 3 is 2.15 bits per heavy atom. The molecule has 33 heavy (non-hydrogen) atoms. The monoisotopic (exact) mass is 457 g/mol. The Balaban J connectivity index is 1.73. The minimum absolute atomic E-state index is 0.138. The van der Waals surface area contributed by atoms with Gasteiger partial charge in [-0.25, -0.2) is 9.18 Å². The molecule has 8 heteroatoms. The molecule has 1 fully saturated rings. The molecular formula is C25H32FN3O4. The van der Waals surface area contributed by atoms with Gasteiger partial charge in [-0.2, -0.15) is 0 Å². The van der Waals surface area contributed by atoms with Crippen LogP contribution in [0.2, 0.25) is 0 Å². The van der Waals surface area contributed by atoms with Crippen molar-refractivity contribution in [3.63, 3.8) is 0 Å². The van der Waals surface area contributed by atoms with Crippen LogP contribution >= 0.6 is 0 Å². The summed E-state index contributed by atoms with van der Waals surface area (Å²) in [5.74, 6) is -0.302. The predicted molar refractivity (Wildman–Crippen MR) is 125 cm³/mol. The van der Waals surface area contributed by atoms with Crippen LogP contribution in [0.5, 0.6) is 5.75 Å². The zero-order valence-electron chi connectivity index (χ0n) is 19.6. The maximum Gasteiger partial charge on any atom is 0.410 e. The lowest BCUT2D eigenvalue weighted by molar-refractivity contribution is -0.136. The van der Waals surface area contributed by atoms with Crippen LogP contribution in [-0.4, -0.2) is 71.8 Å². The molecule has 0 unspecified atom stereocenters. The number of amides is 2. The van der Waals surface area contributed by atoms with Crippen molar-refractivity contribution < 1.29 is 23.8 Å². The number of benzene rings is 2. The number of likely N-dealkylation sites (N-methyl/N-ethyl adjacent to an activating group) is 1. The maximum absolute atomic E-state index is 13.5. The van der Waals surface area contributed by atoms with Gasteiger partial charge in [-0.05, 0) is 62.7 Å². The number of aromatic hydroxyl groups is 1. The number of anilines is 1. The normalized spacial score (nSPS) is 15.2. The van der Waals surface area contributed by atoms with E-state index in [1.165, 1.54) is 17.0 Å². The van der Waals surface area contributed by atoms with Gasteiger partial charge in [-0.15, -0.1) is 0 Å². The molecule has 1 atom stereocenters. The predicted octanol–water partition coefficient (Wildman–Crippen LogP) is 3.66. The fraction of sp³-hybridized carbons (Fsp3) is 0.440. The van der Waals surface area contributed by atoms with Crippen molar-refractivity contribution in [2.45, 2.75) is 38.8 Å². The largest absolute Gasteiger partial charge is 0.508 e. The van der Waals surface area contributed by atoms with E-state index in [0.29, 0.717) is 32.6 Å². The maximum atomic E-state index is 13.5. The summed E-state index contributed by atoms with van der Waals surface area (Å²) in [6.45, 7) is 7.55. The number of ether oxygens (including phenoxy) is 1. The van der Waals surface area contributed by atoms with E-state index in [0.717, 1.165) is 11.3 Å². The summed E-state index contributed by atoms with van der Waals surface area (Å²) >= 11 is 0. The van der Waals surface area contributed by atoms with Crippen molar-refractivity contribution in [1.82, 2.24) is 9.80 Å². The van der Waals surface area contributed by atoms with Crippen LogP contribution in [0.25, 0.3) is 0 Å². The molecule has 1 heterocycles. The highest BCUT2D eigenvalue weighted by Crippen LogP contribution is 2.20. The molecule has 2 aromatic carbocycles. The van der Waals surface area contributed by atoms with Gasteiger partial charge in [0.25, 0.3) is 0 Å². The highest BCUT2D eigenvalue weighted by molar-refractivity contribution is 5.86. The lowest BCUT2D eigenvalue weighted by atomic mass is 10.0. The Morgan fingerprint density at radius 1 is 1.03 bits per heavy atom. The van der Waals surface area contributed by atoms with E-state index < -0.39 is 17.7 Å². The summed E-state index contributed by atoms with van der Waals surface area (Å²) < 4.78 is 18.7. The second-order valence-corrected chi connectivity index (χ2v) is 9.27. The first-order valence-corrected chi connectivity index (χ1v) is 11.1. The number of phenolic OH excluding ortho intramolecular Hbond substituents is 1. The van der Waals surface area contributed by atoms with E-state index in [1.807, 2.05) is 0 Å². The molecule has 178 valence electrons. The molecule has 0 spiro atoms. The summed E-state index contributed by atoms with van der Waals surface area (Å²) in [5.41, 5.74) is 1.06. The van der Waals surface area contributed by atoms with E-state index in [2.05, 4.69) is 4.90 Å². The second kappa shape index (κ2) is 10.1. The Hall–Kier alpha value is -3.29. The average Bonchev–Trinajstić information content (AvgIpc) is 2.77. The van der Waals surface area contributed by atoms with Crippen LogP contribution < -0.4 is 4.90 Å². The molecule has 0 bridgehead atoms. The number of nitrogens with zero attached hydrogens (tertiary/aromatic N) is 3. The van der Waals surface area contributed by atoms with E-state index in [9.17, 15) is 19.1 Å². The summed E-state index contributed by atoms with van der Waals surface area (Å²) in [5, 5.41) is 9.58. The third-order valence-electron chi connectivity index (χ3n) is 5.58. The molecule has 0 aromatic heterocycles. The molecule has 2 aromatic rings. The number of carbonyl (C=O) groups excluding carboxylic acids is 2. The van der Waals surface area contributed by atoms with Crippen molar-refractivity contribution >= 4 is 17.7 Å². The van der Waals surface area contributed by atoms with Gasteiger partial charge in [-0.1, -0.05) is 12.1 Å². The van der Waals surface area contributed by atoms with Crippen LogP contribution in [0, 0.1) is 5.82 Å². The summed E-state index contributed by atoms with van der Waals surface area (Å²) in [6.07, 6.45) is -0.267. The topological polar surface area (TPSA) is 73.3 Å². The number of hydrogen-bond acceptors (Lipinski definition) is 5. The fourth-order valence-corrected chi connectivity index (χ4v) is 3.75. The Labute approximate surface area is 194 Å². The highest BCUT2D eigenvalue weighted by atomic mass is 19.1. The minimum atomic E-state index is -0.748. The summed E-state index contributed by atoms with van der Waals surface area (Å²) in [7, 11) is 1.58. The van der Waals surface area contributed by atoms with E-state index in [4.69, 9.17) is 4.74 Å². The second-order valence-electron chi connectivity index (χ2n) is 9.27. The summed E-state index contributed by atoms with van der Waals surface area (Å²) in [4.78, 5) is 31.5. The molecule has 0 radical (unpaired) electrons. The van der Waals surface area contributed by atoms with E-state index in [1.54, 1.807) is 69.1 Å². The lowest BCUT2D eigenvalue weighted by Crippen LogP contribution is -2.56. The van der Waals surface area contributed by atoms with Gasteiger partial charge >= 0.3 is 6.09 Å². The number of hydrogen-bond donors (Lipinski definition) is 1. The molecule has 1 saturated heterocycles. The quantitative estimate of drug-likeness (QED) is 0.742. The first-order chi connectivity index (χ1) is 15.5. The van der Waals surface area contributed by atoms with Crippen molar-refractivity contribution in [2.75, 3.05) is 38.1 Å². The van der Waals surface area contributed by atoms with E-state index in [-0.39, 0.29) is 17.5 Å². The lowest BCUT2D eigenvalue weighted by Gasteiger charge is -2.39. The van der Waals surface area contributed by atoms with Gasteiger partial charge in [0.05, 0.1) is 0 Å². The first-order valence-electron chi connectivity index (χ1n) is 11.1. The van der Waals surface area contributed by atoms with Gasteiger partial charge in [-0.3, -0.25) is 9.69 Å². The van der Waals surface area contributed by atoms with Gasteiger partial charge < -0.3 is 19.6 Å². The smallest absolute Gasteiger partial charge is 0.410 e. The Bertz CT molecular complexity index is 949. The molecule has 0 saturated carbocycles. The summed E-state index contributed by atoms with van der Waals surface area (Å²) in [6, 6.07) is 12.2. The van der Waals surface area contributed by atoms with Crippen LogP contribution in [0.4, 0.5) is 14.9 Å². The van der Waals surface area contributed by atoms with Crippen molar-refractivity contribution in [3.8, 4) is 5.75 Å².